The van der Waals surface area contributed by atoms with Gasteiger partial charge in [0, 0.05) is 19.6 Å². The SMILES string of the molecule is COC(=O)NC(C(=O)NN(CC1CC1)CC(O)C(Cc1ccccc1)NC(=O)C(C1CNC(=O)N1Cc1cccc(C(C)(C)O)n1)C(C)(C)C)C(C)(C)C. The van der Waals surface area contributed by atoms with E-state index < -0.39 is 58.6 Å². The van der Waals surface area contributed by atoms with E-state index in [9.17, 15) is 29.4 Å². The van der Waals surface area contributed by atoms with E-state index in [0.717, 1.165) is 18.4 Å². The van der Waals surface area contributed by atoms with E-state index >= 15 is 0 Å². The van der Waals surface area contributed by atoms with Crippen LogP contribution in [0.1, 0.15) is 85.2 Å². The van der Waals surface area contributed by atoms with E-state index in [1.54, 1.807) is 42.0 Å². The molecule has 2 aliphatic rings. The zero-order valence-corrected chi connectivity index (χ0v) is 33.3. The van der Waals surface area contributed by atoms with Crippen LogP contribution in [0.15, 0.2) is 48.5 Å². The van der Waals surface area contributed by atoms with Crippen molar-refractivity contribution in [1.29, 1.82) is 0 Å². The number of pyridine rings is 1. The summed E-state index contributed by atoms with van der Waals surface area (Å²) in [5.74, 6) is -1.12. The number of rotatable bonds is 16. The van der Waals surface area contributed by atoms with Crippen molar-refractivity contribution in [2.24, 2.45) is 22.7 Å². The molecule has 14 nitrogen and oxygen atoms in total. The summed E-state index contributed by atoms with van der Waals surface area (Å²) in [7, 11) is 1.24. The van der Waals surface area contributed by atoms with Crippen LogP contribution in [0.5, 0.6) is 0 Å². The topological polar surface area (TPSA) is 185 Å². The van der Waals surface area contributed by atoms with Gasteiger partial charge in [0.1, 0.15) is 11.6 Å². The van der Waals surface area contributed by atoms with Crippen LogP contribution in [0.2, 0.25) is 0 Å². The van der Waals surface area contributed by atoms with Crippen LogP contribution in [0.3, 0.4) is 0 Å². The maximum Gasteiger partial charge on any atom is 0.407 e. The fourth-order valence-electron chi connectivity index (χ4n) is 6.90. The fraction of sp³-hybridized carbons (Fsp3) is 0.625. The molecule has 298 valence electrons. The van der Waals surface area contributed by atoms with Gasteiger partial charge in [-0.3, -0.25) is 20.0 Å². The van der Waals surface area contributed by atoms with Gasteiger partial charge in [0.05, 0.1) is 49.1 Å². The van der Waals surface area contributed by atoms with Crippen molar-refractivity contribution < 1.29 is 34.1 Å². The predicted octanol–water partition coefficient (Wildman–Crippen LogP) is 3.47. The minimum Gasteiger partial charge on any atom is -0.453 e. The van der Waals surface area contributed by atoms with Gasteiger partial charge < -0.3 is 35.8 Å². The Labute approximate surface area is 319 Å². The molecule has 5 unspecified atom stereocenters. The van der Waals surface area contributed by atoms with E-state index in [4.69, 9.17) is 4.74 Å². The van der Waals surface area contributed by atoms with Crippen LogP contribution in [-0.2, 0) is 32.9 Å². The van der Waals surface area contributed by atoms with Crippen molar-refractivity contribution in [3.8, 4) is 0 Å². The number of nitrogens with one attached hydrogen (secondary N) is 4. The zero-order chi connectivity index (χ0) is 40.0. The molecule has 14 heteroatoms. The molecule has 1 aliphatic carbocycles. The first-order valence-corrected chi connectivity index (χ1v) is 18.8. The lowest BCUT2D eigenvalue weighted by Gasteiger charge is -2.39. The van der Waals surface area contributed by atoms with Crippen molar-refractivity contribution in [2.75, 3.05) is 26.7 Å². The van der Waals surface area contributed by atoms with Crippen molar-refractivity contribution in [3.05, 3.63) is 65.5 Å². The average molecular weight is 752 g/mol. The lowest BCUT2D eigenvalue weighted by molar-refractivity contribution is -0.134. The molecular formula is C40H61N7O7. The molecule has 0 radical (unpaired) electrons. The van der Waals surface area contributed by atoms with Crippen LogP contribution < -0.4 is 21.4 Å². The highest BCUT2D eigenvalue weighted by Crippen LogP contribution is 2.34. The van der Waals surface area contributed by atoms with Gasteiger partial charge in [0.15, 0.2) is 0 Å². The number of carbonyl (C=O) groups excluding carboxylic acids is 4. The van der Waals surface area contributed by atoms with Gasteiger partial charge in [-0.15, -0.1) is 0 Å². The van der Waals surface area contributed by atoms with Gasteiger partial charge in [-0.1, -0.05) is 77.9 Å². The number of aliphatic hydroxyl groups excluding tert-OH is 1. The number of nitrogens with zero attached hydrogens (tertiary/aromatic N) is 3. The molecule has 1 saturated carbocycles. The first-order chi connectivity index (χ1) is 25.2. The molecule has 1 aromatic carbocycles. The van der Waals surface area contributed by atoms with E-state index in [-0.39, 0.29) is 31.6 Å². The summed E-state index contributed by atoms with van der Waals surface area (Å²) in [6.07, 6.45) is 0.443. The van der Waals surface area contributed by atoms with Gasteiger partial charge in [-0.05, 0) is 67.6 Å². The van der Waals surface area contributed by atoms with Gasteiger partial charge in [-0.25, -0.2) is 14.6 Å². The quantitative estimate of drug-likeness (QED) is 0.140. The number of hydrogen-bond acceptors (Lipinski definition) is 9. The maximum atomic E-state index is 14.6. The third-order valence-electron chi connectivity index (χ3n) is 10.0. The fourth-order valence-corrected chi connectivity index (χ4v) is 6.90. The Balaban J connectivity index is 1.59. The summed E-state index contributed by atoms with van der Waals surface area (Å²) in [4.78, 5) is 59.9. The minimum atomic E-state index is -1.17. The van der Waals surface area contributed by atoms with E-state index in [2.05, 4.69) is 26.4 Å². The molecular weight excluding hydrogens is 690 g/mol. The first-order valence-electron chi connectivity index (χ1n) is 18.8. The Bertz CT molecular complexity index is 1600. The number of urea groups is 1. The number of benzene rings is 1. The molecule has 2 aromatic rings. The van der Waals surface area contributed by atoms with Gasteiger partial charge in [0.25, 0.3) is 5.91 Å². The van der Waals surface area contributed by atoms with Crippen molar-refractivity contribution in [3.63, 3.8) is 0 Å². The van der Waals surface area contributed by atoms with Gasteiger partial charge >= 0.3 is 12.1 Å². The summed E-state index contributed by atoms with van der Waals surface area (Å²) < 4.78 is 4.77. The van der Waals surface area contributed by atoms with Gasteiger partial charge in [0.2, 0.25) is 5.91 Å². The predicted molar refractivity (Wildman–Crippen MR) is 204 cm³/mol. The van der Waals surface area contributed by atoms with Gasteiger partial charge in [-0.2, -0.15) is 0 Å². The molecule has 4 rings (SSSR count). The lowest BCUT2D eigenvalue weighted by atomic mass is 9.75. The highest BCUT2D eigenvalue weighted by molar-refractivity contribution is 5.86. The van der Waals surface area contributed by atoms with Crippen LogP contribution in [-0.4, -0.2) is 100 Å². The first kappa shape index (κ1) is 42.5. The number of hydrogen-bond donors (Lipinski definition) is 6. The van der Waals surface area contributed by atoms with Crippen molar-refractivity contribution in [1.82, 2.24) is 36.3 Å². The monoisotopic (exact) mass is 751 g/mol. The molecule has 1 aromatic heterocycles. The Morgan fingerprint density at radius 3 is 2.20 bits per heavy atom. The van der Waals surface area contributed by atoms with Crippen molar-refractivity contribution in [2.45, 2.75) is 111 Å². The average Bonchev–Trinajstić information content (AvgIpc) is 3.83. The maximum absolute atomic E-state index is 14.6. The molecule has 1 aliphatic heterocycles. The third kappa shape index (κ3) is 11.9. The molecule has 54 heavy (non-hydrogen) atoms. The highest BCUT2D eigenvalue weighted by Gasteiger charge is 2.46. The number of methoxy groups -OCH3 is 1. The van der Waals surface area contributed by atoms with Crippen molar-refractivity contribution >= 4 is 23.9 Å². The number of hydrazine groups is 1. The molecule has 5 atom stereocenters. The summed E-state index contributed by atoms with van der Waals surface area (Å²) in [6, 6.07) is 12.3. The summed E-state index contributed by atoms with van der Waals surface area (Å²) in [5.41, 5.74) is 2.47. The Kier molecular flexibility index (Phi) is 13.7. The summed E-state index contributed by atoms with van der Waals surface area (Å²) in [5, 5.41) is 32.9. The second kappa shape index (κ2) is 17.5. The third-order valence-corrected chi connectivity index (χ3v) is 10.0. The number of amides is 5. The molecule has 5 amide bonds. The normalized spacial score (nSPS) is 18.7. The van der Waals surface area contributed by atoms with Crippen LogP contribution in [0.4, 0.5) is 9.59 Å². The second-order valence-corrected chi connectivity index (χ2v) is 17.4. The molecule has 1 saturated heterocycles. The standard InChI is InChI=1S/C40H61N7O7/c1-38(2,3)32(29-21-41-36(51)47(29)23-27-16-13-17-31(42-27)40(7,8)53)34(49)43-28(20-25-14-11-10-12-15-25)30(48)24-46(22-26-18-19-26)45-35(50)33(39(4,5)6)44-37(52)54-9/h10-17,26,28-30,32-33,48,53H,18-24H2,1-9H3,(H,41,51)(H,43,49)(H,44,52)(H,45,50). The smallest absolute Gasteiger partial charge is 0.407 e. The number of alkyl carbamates (subject to hydrolysis) is 1. The molecule has 0 spiro atoms. The van der Waals surface area contributed by atoms with E-state index in [1.807, 2.05) is 71.9 Å². The minimum absolute atomic E-state index is 0.00804. The molecule has 2 fully saturated rings. The number of aliphatic hydroxyl groups is 2. The lowest BCUT2D eigenvalue weighted by Crippen LogP contribution is -2.60. The van der Waals surface area contributed by atoms with Crippen LogP contribution >= 0.6 is 0 Å². The molecule has 2 heterocycles. The Morgan fingerprint density at radius 1 is 0.963 bits per heavy atom. The molecule has 0 bridgehead atoms. The largest absolute Gasteiger partial charge is 0.453 e. The Morgan fingerprint density at radius 2 is 1.63 bits per heavy atom. The highest BCUT2D eigenvalue weighted by atomic mass is 16.5. The Hall–Kier alpha value is -4.27. The molecule has 6 N–H and O–H groups in total. The van der Waals surface area contributed by atoms with Crippen LogP contribution in [0.25, 0.3) is 0 Å². The summed E-state index contributed by atoms with van der Waals surface area (Å²) >= 11 is 0. The van der Waals surface area contributed by atoms with Crippen LogP contribution in [0, 0.1) is 22.7 Å². The number of carbonyl (C=O) groups is 4. The summed E-state index contributed by atoms with van der Waals surface area (Å²) in [6.45, 7) is 15.5. The van der Waals surface area contributed by atoms with E-state index in [0.29, 0.717) is 30.3 Å². The zero-order valence-electron chi connectivity index (χ0n) is 33.3. The van der Waals surface area contributed by atoms with E-state index in [1.165, 1.54) is 7.11 Å². The number of aromatic nitrogens is 1. The number of ether oxygens (including phenoxy) is 1. The second-order valence-electron chi connectivity index (χ2n) is 17.4.